The summed E-state index contributed by atoms with van der Waals surface area (Å²) in [4.78, 5) is 3.51. The van der Waals surface area contributed by atoms with Gasteiger partial charge in [-0.25, -0.2) is 6.57 Å². The van der Waals surface area contributed by atoms with Crippen molar-refractivity contribution in [2.75, 3.05) is 0 Å². The summed E-state index contributed by atoms with van der Waals surface area (Å²) >= 11 is 0. The lowest BCUT2D eigenvalue weighted by molar-refractivity contribution is 0.516. The summed E-state index contributed by atoms with van der Waals surface area (Å²) in [5, 5.41) is 0. The molecule has 1 nitrogen and oxygen atoms in total. The molecule has 0 heterocycles. The Kier molecular flexibility index (Phi) is 2.54. The first kappa shape index (κ1) is 7.49. The topological polar surface area (TPSA) is 4.36 Å². The molecular weight excluding hydrogens is 98.1 g/mol. The van der Waals surface area contributed by atoms with Crippen molar-refractivity contribution in [1.82, 2.24) is 0 Å². The first-order valence-electron chi connectivity index (χ1n) is 3.07. The van der Waals surface area contributed by atoms with Gasteiger partial charge in [-0.1, -0.05) is 13.8 Å². The molecule has 0 amide bonds. The lowest BCUT2D eigenvalue weighted by Gasteiger charge is -2.09. The largest absolute Gasteiger partial charge is 0.311 e. The Balaban J connectivity index is 3.83. The van der Waals surface area contributed by atoms with Crippen LogP contribution in [0.5, 0.6) is 0 Å². The van der Waals surface area contributed by atoms with Gasteiger partial charge >= 0.3 is 0 Å². The smallest absolute Gasteiger partial charge is 0.229 e. The van der Waals surface area contributed by atoms with Crippen molar-refractivity contribution in [2.45, 2.75) is 39.2 Å². The lowest BCUT2D eigenvalue weighted by Crippen LogP contribution is -2.15. The molecule has 0 aliphatic heterocycles. The monoisotopic (exact) mass is 111 g/mol. The second-order valence-electron chi connectivity index (χ2n) is 2.32. The van der Waals surface area contributed by atoms with Crippen LogP contribution >= 0.6 is 0 Å². The Morgan fingerprint density at radius 1 is 1.38 bits per heavy atom. The Morgan fingerprint density at radius 2 is 1.75 bits per heavy atom. The van der Waals surface area contributed by atoms with Crippen LogP contribution in [0, 0.1) is 6.57 Å². The molecule has 0 unspecified atom stereocenters. The molecule has 0 bridgehead atoms. The van der Waals surface area contributed by atoms with E-state index < -0.39 is 0 Å². The molecule has 1 heteroatoms. The maximum atomic E-state index is 6.78. The third-order valence-electron chi connectivity index (χ3n) is 1.79. The van der Waals surface area contributed by atoms with Crippen molar-refractivity contribution in [3.63, 3.8) is 0 Å². The van der Waals surface area contributed by atoms with Gasteiger partial charge in [-0.3, -0.25) is 0 Å². The van der Waals surface area contributed by atoms with Crippen LogP contribution in [0.1, 0.15) is 33.6 Å². The van der Waals surface area contributed by atoms with Crippen molar-refractivity contribution in [1.29, 1.82) is 0 Å². The molecule has 8 heavy (non-hydrogen) atoms. The molecule has 0 fully saturated rings. The van der Waals surface area contributed by atoms with Crippen LogP contribution in [0.4, 0.5) is 0 Å². The van der Waals surface area contributed by atoms with Crippen molar-refractivity contribution >= 4 is 0 Å². The Labute approximate surface area is 51.5 Å². The van der Waals surface area contributed by atoms with E-state index in [4.69, 9.17) is 6.57 Å². The molecule has 0 rings (SSSR count). The highest BCUT2D eigenvalue weighted by Crippen LogP contribution is 2.18. The summed E-state index contributed by atoms with van der Waals surface area (Å²) in [7, 11) is 0. The van der Waals surface area contributed by atoms with Crippen LogP contribution in [0.15, 0.2) is 0 Å². The van der Waals surface area contributed by atoms with Gasteiger partial charge < -0.3 is 4.85 Å². The normalized spacial score (nSPS) is 10.8. The fourth-order valence-corrected chi connectivity index (χ4v) is 0.408. The third-order valence-corrected chi connectivity index (χ3v) is 1.79. The second kappa shape index (κ2) is 2.71. The maximum absolute atomic E-state index is 6.78. The summed E-state index contributed by atoms with van der Waals surface area (Å²) in [5.74, 6) is 0. The summed E-state index contributed by atoms with van der Waals surface area (Å²) in [5.41, 5.74) is -0.0833. The Hall–Kier alpha value is -0.510. The van der Waals surface area contributed by atoms with Crippen LogP contribution in [0.2, 0.25) is 0 Å². The Bertz CT molecular complexity index is 95.4. The zero-order valence-corrected chi connectivity index (χ0v) is 5.86. The predicted molar refractivity (Wildman–Crippen MR) is 35.6 cm³/mol. The first-order chi connectivity index (χ1) is 3.68. The van der Waals surface area contributed by atoms with Crippen LogP contribution in [-0.2, 0) is 0 Å². The van der Waals surface area contributed by atoms with E-state index >= 15 is 0 Å². The standard InChI is InChI=1S/C7H13N/c1-5-7(3,6-2)8-4/h5-6H2,1-3H3. The molecular formula is C7H13N. The number of hydrogen-bond donors (Lipinski definition) is 0. The summed E-state index contributed by atoms with van der Waals surface area (Å²) in [6, 6.07) is 0. The van der Waals surface area contributed by atoms with Crippen LogP contribution in [0.25, 0.3) is 4.85 Å². The highest BCUT2D eigenvalue weighted by Gasteiger charge is 2.23. The SMILES string of the molecule is [C-]#[N+]C(C)(CC)CC. The summed E-state index contributed by atoms with van der Waals surface area (Å²) < 4.78 is 0. The molecule has 0 saturated carbocycles. The van der Waals surface area contributed by atoms with E-state index in [2.05, 4.69) is 18.7 Å². The van der Waals surface area contributed by atoms with Crippen molar-refractivity contribution in [2.24, 2.45) is 0 Å². The quantitative estimate of drug-likeness (QED) is 0.482. The average Bonchev–Trinajstić information content (AvgIpc) is 1.87. The van der Waals surface area contributed by atoms with Gasteiger partial charge in [0, 0.05) is 19.8 Å². The molecule has 0 aliphatic carbocycles. The molecule has 0 aromatic heterocycles. The molecule has 0 N–H and O–H groups in total. The maximum Gasteiger partial charge on any atom is 0.229 e. The zero-order chi connectivity index (χ0) is 6.62. The minimum atomic E-state index is -0.0833. The first-order valence-corrected chi connectivity index (χ1v) is 3.07. The zero-order valence-electron chi connectivity index (χ0n) is 5.86. The Morgan fingerprint density at radius 3 is 1.75 bits per heavy atom. The van der Waals surface area contributed by atoms with Gasteiger partial charge in [0.15, 0.2) is 0 Å². The van der Waals surface area contributed by atoms with Gasteiger partial charge in [0.25, 0.3) is 0 Å². The summed E-state index contributed by atoms with van der Waals surface area (Å²) in [6.45, 7) is 12.9. The molecule has 0 aromatic rings. The minimum Gasteiger partial charge on any atom is -0.311 e. The van der Waals surface area contributed by atoms with Gasteiger partial charge in [-0.05, 0) is 0 Å². The molecule has 0 spiro atoms. The molecule has 46 valence electrons. The van der Waals surface area contributed by atoms with Crippen LogP contribution < -0.4 is 0 Å². The van der Waals surface area contributed by atoms with Crippen molar-refractivity contribution < 1.29 is 0 Å². The highest BCUT2D eigenvalue weighted by atomic mass is 14.8. The molecule has 0 radical (unpaired) electrons. The second-order valence-corrected chi connectivity index (χ2v) is 2.32. The van der Waals surface area contributed by atoms with E-state index in [0.717, 1.165) is 12.8 Å². The number of nitrogens with zero attached hydrogens (tertiary/aromatic N) is 1. The predicted octanol–water partition coefficient (Wildman–Crippen LogP) is 2.48. The van der Waals surface area contributed by atoms with Crippen LogP contribution in [0.3, 0.4) is 0 Å². The lowest BCUT2D eigenvalue weighted by atomic mass is 9.97. The van der Waals surface area contributed by atoms with Gasteiger partial charge in [0.2, 0.25) is 5.54 Å². The van der Waals surface area contributed by atoms with Gasteiger partial charge in [-0.15, -0.1) is 0 Å². The van der Waals surface area contributed by atoms with Crippen molar-refractivity contribution in [3.05, 3.63) is 11.4 Å². The number of rotatable bonds is 2. The van der Waals surface area contributed by atoms with Gasteiger partial charge in [-0.2, -0.15) is 0 Å². The van der Waals surface area contributed by atoms with Gasteiger partial charge in [0.1, 0.15) is 0 Å². The fourth-order valence-electron chi connectivity index (χ4n) is 0.408. The van der Waals surface area contributed by atoms with E-state index in [-0.39, 0.29) is 5.54 Å². The number of hydrogen-bond acceptors (Lipinski definition) is 0. The van der Waals surface area contributed by atoms with E-state index in [1.807, 2.05) is 6.92 Å². The van der Waals surface area contributed by atoms with E-state index in [1.54, 1.807) is 0 Å². The molecule has 0 saturated heterocycles. The molecule has 0 atom stereocenters. The van der Waals surface area contributed by atoms with Gasteiger partial charge in [0.05, 0.1) is 0 Å². The van der Waals surface area contributed by atoms with E-state index in [1.165, 1.54) is 0 Å². The van der Waals surface area contributed by atoms with E-state index in [0.29, 0.717) is 0 Å². The van der Waals surface area contributed by atoms with E-state index in [9.17, 15) is 0 Å². The minimum absolute atomic E-state index is 0.0833. The highest BCUT2D eigenvalue weighted by molar-refractivity contribution is 4.91. The van der Waals surface area contributed by atoms with Crippen molar-refractivity contribution in [3.8, 4) is 0 Å². The average molecular weight is 111 g/mol. The molecule has 0 aromatic carbocycles. The third kappa shape index (κ3) is 1.54. The van der Waals surface area contributed by atoms with Crippen LogP contribution in [-0.4, -0.2) is 5.54 Å². The fraction of sp³-hybridized carbons (Fsp3) is 0.857. The molecule has 0 aliphatic rings. The summed E-state index contributed by atoms with van der Waals surface area (Å²) in [6.07, 6.45) is 1.93.